The lowest BCUT2D eigenvalue weighted by atomic mass is 10.2. The van der Waals surface area contributed by atoms with Crippen molar-refractivity contribution in [2.24, 2.45) is 0 Å². The predicted molar refractivity (Wildman–Crippen MR) is 78.5 cm³/mol. The number of nitrogens with zero attached hydrogens (tertiary/aromatic N) is 4. The molecule has 0 aliphatic carbocycles. The van der Waals surface area contributed by atoms with Crippen LogP contribution in [-0.4, -0.2) is 48.8 Å². The summed E-state index contributed by atoms with van der Waals surface area (Å²) in [6.07, 6.45) is -1.60. The van der Waals surface area contributed by atoms with E-state index >= 15 is 0 Å². The SMILES string of the molecule is Nc1nc(N)c2c(I)nn([C@@H]3C[C@H](O)[C@@H](CO)O3)c2n1. The maximum absolute atomic E-state index is 9.80. The second-order valence-electron chi connectivity index (χ2n) is 4.52. The summed E-state index contributed by atoms with van der Waals surface area (Å²) in [5.74, 6) is 0.296. The number of anilines is 2. The second kappa shape index (κ2) is 4.95. The van der Waals surface area contributed by atoms with Gasteiger partial charge >= 0.3 is 0 Å². The van der Waals surface area contributed by atoms with Gasteiger partial charge in [-0.2, -0.15) is 15.1 Å². The van der Waals surface area contributed by atoms with Crippen molar-refractivity contribution in [3.05, 3.63) is 3.70 Å². The number of aliphatic hydroxyl groups is 2. The standard InChI is InChI=1S/C10H13IN6O3/c11-7-6-8(12)14-10(13)15-9(6)17(16-7)5-1-3(19)4(2-18)20-5/h3-5,18-19H,1-2H2,(H4,12,13,14,15)/t3-,4+,5-/m0/s1. The molecule has 3 atom stereocenters. The first-order chi connectivity index (χ1) is 9.51. The van der Waals surface area contributed by atoms with Crippen molar-refractivity contribution in [3.63, 3.8) is 0 Å². The van der Waals surface area contributed by atoms with Gasteiger partial charge in [-0.05, 0) is 22.6 Å². The zero-order chi connectivity index (χ0) is 14.4. The van der Waals surface area contributed by atoms with Crippen LogP contribution in [0.2, 0.25) is 0 Å². The summed E-state index contributed by atoms with van der Waals surface area (Å²) in [5, 5.41) is 23.9. The van der Waals surface area contributed by atoms with E-state index in [1.165, 1.54) is 4.68 Å². The molecule has 6 N–H and O–H groups in total. The van der Waals surface area contributed by atoms with Crippen LogP contribution in [0.5, 0.6) is 0 Å². The summed E-state index contributed by atoms with van der Waals surface area (Å²) < 4.78 is 7.71. The fourth-order valence-corrected chi connectivity index (χ4v) is 3.02. The number of hydrogen-bond donors (Lipinski definition) is 4. The molecule has 0 saturated carbocycles. The lowest BCUT2D eigenvalue weighted by molar-refractivity contribution is -0.0471. The van der Waals surface area contributed by atoms with Gasteiger partial charge in [-0.3, -0.25) is 0 Å². The number of ether oxygens (including phenoxy) is 1. The van der Waals surface area contributed by atoms with Crippen molar-refractivity contribution in [3.8, 4) is 0 Å². The van der Waals surface area contributed by atoms with Crippen molar-refractivity contribution >= 4 is 45.4 Å². The highest BCUT2D eigenvalue weighted by molar-refractivity contribution is 14.1. The van der Waals surface area contributed by atoms with Crippen molar-refractivity contribution in [2.45, 2.75) is 24.9 Å². The number of aromatic nitrogens is 4. The Kier molecular flexibility index (Phi) is 3.40. The predicted octanol–water partition coefficient (Wildman–Crippen LogP) is -0.764. The normalized spacial score (nSPS) is 26.4. The third kappa shape index (κ3) is 2.08. The fourth-order valence-electron chi connectivity index (χ4n) is 2.27. The van der Waals surface area contributed by atoms with E-state index in [4.69, 9.17) is 21.3 Å². The van der Waals surface area contributed by atoms with Crippen LogP contribution in [0.25, 0.3) is 11.0 Å². The largest absolute Gasteiger partial charge is 0.394 e. The monoisotopic (exact) mass is 392 g/mol. The highest BCUT2D eigenvalue weighted by Gasteiger charge is 2.36. The van der Waals surface area contributed by atoms with Gasteiger partial charge in [0.1, 0.15) is 15.6 Å². The molecule has 3 heterocycles. The molecule has 2 aromatic heterocycles. The number of halogens is 1. The van der Waals surface area contributed by atoms with E-state index in [9.17, 15) is 5.11 Å². The van der Waals surface area contributed by atoms with Gasteiger partial charge < -0.3 is 26.4 Å². The topological polar surface area (TPSA) is 145 Å². The number of nitrogens with two attached hydrogens (primary N) is 2. The van der Waals surface area contributed by atoms with Gasteiger partial charge in [0.2, 0.25) is 5.95 Å². The minimum atomic E-state index is -0.751. The van der Waals surface area contributed by atoms with Crippen LogP contribution in [0.4, 0.5) is 11.8 Å². The lowest BCUT2D eigenvalue weighted by Gasteiger charge is -2.12. The third-order valence-electron chi connectivity index (χ3n) is 3.21. The molecule has 0 radical (unpaired) electrons. The van der Waals surface area contributed by atoms with Crippen molar-refractivity contribution in [1.29, 1.82) is 0 Å². The number of fused-ring (bicyclic) bond motifs is 1. The molecular weight excluding hydrogens is 379 g/mol. The Bertz CT molecular complexity index is 662. The summed E-state index contributed by atoms with van der Waals surface area (Å²) in [6, 6.07) is 0. The first kappa shape index (κ1) is 13.7. The van der Waals surface area contributed by atoms with Gasteiger partial charge in [-0.15, -0.1) is 0 Å². The molecule has 0 spiro atoms. The highest BCUT2D eigenvalue weighted by atomic mass is 127. The zero-order valence-corrected chi connectivity index (χ0v) is 12.4. The lowest BCUT2D eigenvalue weighted by Crippen LogP contribution is -2.24. The molecule has 1 fully saturated rings. The van der Waals surface area contributed by atoms with Crippen LogP contribution in [0, 0.1) is 3.70 Å². The van der Waals surface area contributed by atoms with Crippen molar-refractivity contribution in [2.75, 3.05) is 18.1 Å². The molecule has 0 bridgehead atoms. The summed E-state index contributed by atoms with van der Waals surface area (Å²) >= 11 is 2.02. The van der Waals surface area contributed by atoms with Gasteiger partial charge in [-0.25, -0.2) is 4.68 Å². The van der Waals surface area contributed by atoms with Crippen LogP contribution < -0.4 is 11.5 Å². The summed E-state index contributed by atoms with van der Waals surface area (Å²) in [4.78, 5) is 8.04. The van der Waals surface area contributed by atoms with Crippen LogP contribution in [0.15, 0.2) is 0 Å². The van der Waals surface area contributed by atoms with E-state index < -0.39 is 18.4 Å². The Morgan fingerprint density at radius 3 is 2.80 bits per heavy atom. The Hall–Kier alpha value is -1.24. The average molecular weight is 392 g/mol. The Labute approximate surface area is 127 Å². The van der Waals surface area contributed by atoms with E-state index in [0.717, 1.165) is 0 Å². The molecule has 1 aliphatic heterocycles. The van der Waals surface area contributed by atoms with Crippen LogP contribution in [0.1, 0.15) is 12.6 Å². The first-order valence-corrected chi connectivity index (χ1v) is 7.00. The molecule has 3 rings (SSSR count). The van der Waals surface area contributed by atoms with E-state index in [-0.39, 0.29) is 18.4 Å². The summed E-state index contributed by atoms with van der Waals surface area (Å²) in [6.45, 7) is -0.257. The third-order valence-corrected chi connectivity index (χ3v) is 3.97. The molecule has 0 amide bonds. The van der Waals surface area contributed by atoms with Crippen LogP contribution in [-0.2, 0) is 4.74 Å². The first-order valence-electron chi connectivity index (χ1n) is 5.92. The van der Waals surface area contributed by atoms with Gasteiger partial charge in [0.15, 0.2) is 11.9 Å². The zero-order valence-electron chi connectivity index (χ0n) is 10.3. The maximum atomic E-state index is 9.80. The fraction of sp³-hybridized carbons (Fsp3) is 0.500. The molecule has 1 saturated heterocycles. The summed E-state index contributed by atoms with van der Waals surface area (Å²) in [5.41, 5.74) is 11.9. The van der Waals surface area contributed by atoms with Gasteiger partial charge in [-0.1, -0.05) is 0 Å². The van der Waals surface area contributed by atoms with E-state index in [1.807, 2.05) is 22.6 Å². The molecule has 20 heavy (non-hydrogen) atoms. The molecule has 10 heteroatoms. The highest BCUT2D eigenvalue weighted by Crippen LogP contribution is 2.33. The van der Waals surface area contributed by atoms with Crippen LogP contribution in [0.3, 0.4) is 0 Å². The molecule has 2 aromatic rings. The smallest absolute Gasteiger partial charge is 0.224 e. The van der Waals surface area contributed by atoms with E-state index in [2.05, 4.69) is 15.1 Å². The van der Waals surface area contributed by atoms with E-state index in [1.54, 1.807) is 0 Å². The molecule has 9 nitrogen and oxygen atoms in total. The minimum absolute atomic E-state index is 0.0461. The molecule has 108 valence electrons. The van der Waals surface area contributed by atoms with Crippen LogP contribution >= 0.6 is 22.6 Å². The van der Waals surface area contributed by atoms with Crippen molar-refractivity contribution < 1.29 is 14.9 Å². The van der Waals surface area contributed by atoms with E-state index in [0.29, 0.717) is 21.2 Å². The van der Waals surface area contributed by atoms with Crippen molar-refractivity contribution in [1.82, 2.24) is 19.7 Å². The maximum Gasteiger partial charge on any atom is 0.224 e. The molecular formula is C10H13IN6O3. The van der Waals surface area contributed by atoms with Gasteiger partial charge in [0, 0.05) is 6.42 Å². The summed E-state index contributed by atoms with van der Waals surface area (Å²) in [7, 11) is 0. The minimum Gasteiger partial charge on any atom is -0.394 e. The number of hydrogen-bond acceptors (Lipinski definition) is 8. The van der Waals surface area contributed by atoms with Gasteiger partial charge in [0.05, 0.1) is 18.1 Å². The Morgan fingerprint density at radius 1 is 1.40 bits per heavy atom. The Balaban J connectivity index is 2.09. The van der Waals surface area contributed by atoms with Gasteiger partial charge in [0.25, 0.3) is 0 Å². The molecule has 0 aromatic carbocycles. The second-order valence-corrected chi connectivity index (χ2v) is 5.54. The average Bonchev–Trinajstić information content (AvgIpc) is 2.90. The Morgan fingerprint density at radius 2 is 2.15 bits per heavy atom. The number of nitrogen functional groups attached to an aromatic ring is 2. The molecule has 0 unspecified atom stereocenters. The molecule has 1 aliphatic rings. The quantitative estimate of drug-likeness (QED) is 0.488. The number of aliphatic hydroxyl groups excluding tert-OH is 2. The number of rotatable bonds is 2.